The van der Waals surface area contributed by atoms with Gasteiger partial charge >= 0.3 is 0 Å². The van der Waals surface area contributed by atoms with E-state index in [4.69, 9.17) is 0 Å². The Morgan fingerprint density at radius 1 is 1.11 bits per heavy atom. The number of aromatic nitrogens is 3. The standard InChI is InChI=1S/C29H39F2N5O/c1-18(2)26-34-33-19(3)36(26)22-15-24-28(16-22)17-25(28)35(24)14-11-23(20-7-5-4-6-8-20)32-27(37)21-9-12-29(30,31)13-10-21/h4-8,18,21-25H,9-17H2,1-3H3,(H,32,37)/t22-,23+,24?,25?,28?/m1/s1. The molecule has 1 aromatic carbocycles. The zero-order valence-electron chi connectivity index (χ0n) is 22.2. The maximum atomic E-state index is 13.6. The highest BCUT2D eigenvalue weighted by atomic mass is 19.3. The molecule has 5 atom stereocenters. The SMILES string of the molecule is Cc1nnc(C(C)C)n1[C@@H]1CC2N(CC[C@H](NC(=O)C3CCC(F)(F)CC3)c3ccccc3)C3CC23C1. The highest BCUT2D eigenvalue weighted by molar-refractivity contribution is 5.79. The molecule has 3 saturated carbocycles. The summed E-state index contributed by atoms with van der Waals surface area (Å²) in [5.41, 5.74) is 1.54. The van der Waals surface area contributed by atoms with Gasteiger partial charge in [0.1, 0.15) is 11.6 Å². The molecule has 1 spiro atoms. The molecule has 2 heterocycles. The summed E-state index contributed by atoms with van der Waals surface area (Å²) in [4.78, 5) is 15.7. The summed E-state index contributed by atoms with van der Waals surface area (Å²) in [5, 5.41) is 12.1. The first kappa shape index (κ1) is 25.0. The first-order valence-electron chi connectivity index (χ1n) is 14.1. The number of hydrogen-bond donors (Lipinski definition) is 1. The predicted octanol–water partition coefficient (Wildman–Crippen LogP) is 5.56. The van der Waals surface area contributed by atoms with Crippen molar-refractivity contribution in [1.29, 1.82) is 0 Å². The Kier molecular flexibility index (Phi) is 6.16. The minimum absolute atomic E-state index is 0.0704. The summed E-state index contributed by atoms with van der Waals surface area (Å²) in [7, 11) is 0. The predicted molar refractivity (Wildman–Crippen MR) is 137 cm³/mol. The van der Waals surface area contributed by atoms with Crippen LogP contribution in [0.2, 0.25) is 0 Å². The highest BCUT2D eigenvalue weighted by Gasteiger charge is 2.75. The topological polar surface area (TPSA) is 63.1 Å². The van der Waals surface area contributed by atoms with Crippen LogP contribution in [0.5, 0.6) is 0 Å². The van der Waals surface area contributed by atoms with Crippen molar-refractivity contribution in [3.8, 4) is 0 Å². The second-order valence-corrected chi connectivity index (χ2v) is 12.3. The summed E-state index contributed by atoms with van der Waals surface area (Å²) >= 11 is 0. The van der Waals surface area contributed by atoms with Gasteiger partial charge in [0.05, 0.1) is 6.04 Å². The van der Waals surface area contributed by atoms with Gasteiger partial charge < -0.3 is 9.88 Å². The molecule has 200 valence electrons. The van der Waals surface area contributed by atoms with Gasteiger partial charge in [-0.3, -0.25) is 9.69 Å². The number of carbonyl (C=O) groups excluding carboxylic acids is 1. The Balaban J connectivity index is 1.11. The molecule has 37 heavy (non-hydrogen) atoms. The number of nitrogens with one attached hydrogen (secondary N) is 1. The monoisotopic (exact) mass is 511 g/mol. The van der Waals surface area contributed by atoms with E-state index in [0.717, 1.165) is 36.6 Å². The molecule has 1 amide bonds. The third-order valence-corrected chi connectivity index (χ3v) is 9.71. The van der Waals surface area contributed by atoms with E-state index in [1.807, 2.05) is 18.2 Å². The lowest BCUT2D eigenvalue weighted by molar-refractivity contribution is -0.130. The second kappa shape index (κ2) is 9.14. The smallest absolute Gasteiger partial charge is 0.248 e. The first-order chi connectivity index (χ1) is 17.7. The first-order valence-corrected chi connectivity index (χ1v) is 14.1. The normalized spacial score (nSPS) is 31.5. The van der Waals surface area contributed by atoms with Crippen molar-refractivity contribution in [3.63, 3.8) is 0 Å². The van der Waals surface area contributed by atoms with Crippen molar-refractivity contribution >= 4 is 5.91 Å². The third-order valence-electron chi connectivity index (χ3n) is 9.71. The number of amides is 1. The average Bonchev–Trinajstić information content (AvgIpc) is 3.13. The number of alkyl halides is 2. The van der Waals surface area contributed by atoms with Gasteiger partial charge in [0.2, 0.25) is 11.8 Å². The molecule has 6 rings (SSSR count). The van der Waals surface area contributed by atoms with Gasteiger partial charge in [-0.2, -0.15) is 0 Å². The Hall–Kier alpha value is -2.35. The van der Waals surface area contributed by atoms with Crippen LogP contribution in [0.1, 0.15) is 100 Å². The average molecular weight is 512 g/mol. The minimum atomic E-state index is -2.62. The summed E-state index contributed by atoms with van der Waals surface area (Å²) in [6.07, 6.45) is 4.59. The van der Waals surface area contributed by atoms with Gasteiger partial charge in [-0.1, -0.05) is 44.2 Å². The number of halogens is 2. The lowest BCUT2D eigenvalue weighted by atomic mass is 9.85. The largest absolute Gasteiger partial charge is 0.349 e. The van der Waals surface area contributed by atoms with E-state index in [9.17, 15) is 13.6 Å². The van der Waals surface area contributed by atoms with Crippen LogP contribution in [-0.2, 0) is 4.79 Å². The summed E-state index contributed by atoms with van der Waals surface area (Å²) < 4.78 is 29.6. The quantitative estimate of drug-likeness (QED) is 0.504. The minimum Gasteiger partial charge on any atom is -0.349 e. The molecule has 4 fully saturated rings. The van der Waals surface area contributed by atoms with Crippen LogP contribution in [0, 0.1) is 18.3 Å². The van der Waals surface area contributed by atoms with E-state index in [-0.39, 0.29) is 43.6 Å². The highest BCUT2D eigenvalue weighted by Crippen LogP contribution is 2.72. The lowest BCUT2D eigenvalue weighted by Crippen LogP contribution is -2.53. The van der Waals surface area contributed by atoms with E-state index < -0.39 is 5.92 Å². The fourth-order valence-corrected chi connectivity index (χ4v) is 7.69. The maximum Gasteiger partial charge on any atom is 0.248 e. The van der Waals surface area contributed by atoms with Crippen molar-refractivity contribution in [2.75, 3.05) is 6.54 Å². The molecule has 8 heteroatoms. The molecule has 1 aliphatic heterocycles. The molecule has 1 N–H and O–H groups in total. The maximum absolute atomic E-state index is 13.6. The van der Waals surface area contributed by atoms with Crippen LogP contribution in [0.25, 0.3) is 0 Å². The molecule has 0 bridgehead atoms. The van der Waals surface area contributed by atoms with Gasteiger partial charge in [-0.15, -0.1) is 10.2 Å². The zero-order chi connectivity index (χ0) is 25.9. The Labute approximate surface area is 218 Å². The summed E-state index contributed by atoms with van der Waals surface area (Å²) in [6, 6.07) is 11.7. The molecule has 3 aliphatic carbocycles. The second-order valence-electron chi connectivity index (χ2n) is 12.3. The van der Waals surface area contributed by atoms with E-state index in [1.54, 1.807) is 0 Å². The molecule has 1 aromatic heterocycles. The van der Waals surface area contributed by atoms with E-state index >= 15 is 0 Å². The number of likely N-dealkylation sites (tertiary alicyclic amines) is 1. The summed E-state index contributed by atoms with van der Waals surface area (Å²) in [5.74, 6) is -0.542. The van der Waals surface area contributed by atoms with Crippen LogP contribution in [-0.4, -0.2) is 50.1 Å². The Bertz CT molecular complexity index is 1140. The number of benzene rings is 1. The Morgan fingerprint density at radius 3 is 2.54 bits per heavy atom. The van der Waals surface area contributed by atoms with Gasteiger partial charge in [-0.05, 0) is 51.0 Å². The van der Waals surface area contributed by atoms with Gasteiger partial charge in [-0.25, -0.2) is 8.78 Å². The van der Waals surface area contributed by atoms with E-state index in [2.05, 4.69) is 57.9 Å². The molecule has 1 saturated heterocycles. The fraction of sp³-hybridized carbons (Fsp3) is 0.690. The Morgan fingerprint density at radius 2 is 1.84 bits per heavy atom. The number of rotatable bonds is 8. The van der Waals surface area contributed by atoms with Gasteiger partial charge in [0.15, 0.2) is 0 Å². The van der Waals surface area contributed by atoms with Gasteiger partial charge in [0, 0.05) is 54.8 Å². The molecule has 6 nitrogen and oxygen atoms in total. The molecular weight excluding hydrogens is 472 g/mol. The molecular formula is C29H39F2N5O. The molecule has 3 unspecified atom stereocenters. The number of carbonyl (C=O) groups is 1. The number of nitrogens with zero attached hydrogens (tertiary/aromatic N) is 4. The molecule has 0 radical (unpaired) electrons. The zero-order valence-corrected chi connectivity index (χ0v) is 22.2. The summed E-state index contributed by atoms with van der Waals surface area (Å²) in [6.45, 7) is 7.37. The lowest BCUT2D eigenvalue weighted by Gasteiger charge is -2.44. The number of hydrogen-bond acceptors (Lipinski definition) is 4. The van der Waals surface area contributed by atoms with Crippen molar-refractivity contribution in [1.82, 2.24) is 25.0 Å². The van der Waals surface area contributed by atoms with Crippen LogP contribution in [0.15, 0.2) is 30.3 Å². The van der Waals surface area contributed by atoms with Crippen molar-refractivity contribution in [2.45, 2.75) is 108 Å². The number of aryl methyl sites for hydroxylation is 1. The van der Waals surface area contributed by atoms with Gasteiger partial charge in [0.25, 0.3) is 0 Å². The molecule has 2 aromatic rings. The van der Waals surface area contributed by atoms with Crippen LogP contribution in [0.3, 0.4) is 0 Å². The van der Waals surface area contributed by atoms with E-state index in [1.165, 1.54) is 12.8 Å². The van der Waals surface area contributed by atoms with Crippen molar-refractivity contribution in [3.05, 3.63) is 47.5 Å². The van der Waals surface area contributed by atoms with Crippen molar-refractivity contribution in [2.24, 2.45) is 11.3 Å². The van der Waals surface area contributed by atoms with E-state index in [0.29, 0.717) is 29.5 Å². The van der Waals surface area contributed by atoms with Crippen molar-refractivity contribution < 1.29 is 13.6 Å². The fourth-order valence-electron chi connectivity index (χ4n) is 7.69. The van der Waals surface area contributed by atoms with Crippen LogP contribution >= 0.6 is 0 Å². The third kappa shape index (κ3) is 4.39. The van der Waals surface area contributed by atoms with Crippen LogP contribution < -0.4 is 5.32 Å². The molecule has 4 aliphatic rings. The van der Waals surface area contributed by atoms with Crippen LogP contribution in [0.4, 0.5) is 8.78 Å².